The standard InChI is InChI=1S/C13H15BrClNO3/c14-9-5-6-12(11(15)7-9)18-8-13(17)16-19-10-3-1-2-4-10/h5-7,10H,1-4,8H2,(H,16,17). The number of hydrogen-bond donors (Lipinski definition) is 1. The summed E-state index contributed by atoms with van der Waals surface area (Å²) in [4.78, 5) is 16.8. The van der Waals surface area contributed by atoms with E-state index in [2.05, 4.69) is 21.4 Å². The summed E-state index contributed by atoms with van der Waals surface area (Å²) in [6.07, 6.45) is 4.45. The van der Waals surface area contributed by atoms with Crippen LogP contribution in [-0.4, -0.2) is 18.6 Å². The van der Waals surface area contributed by atoms with E-state index in [-0.39, 0.29) is 18.6 Å². The molecule has 1 saturated carbocycles. The molecule has 0 bridgehead atoms. The number of halogens is 2. The van der Waals surface area contributed by atoms with Gasteiger partial charge in [-0.15, -0.1) is 0 Å². The molecule has 4 nitrogen and oxygen atoms in total. The predicted octanol–water partition coefficient (Wildman–Crippen LogP) is 3.47. The summed E-state index contributed by atoms with van der Waals surface area (Å²) in [5.74, 6) is 0.159. The zero-order chi connectivity index (χ0) is 13.7. The van der Waals surface area contributed by atoms with Gasteiger partial charge in [-0.2, -0.15) is 0 Å². The van der Waals surface area contributed by atoms with Crippen molar-refractivity contribution >= 4 is 33.4 Å². The van der Waals surface area contributed by atoms with Crippen molar-refractivity contribution < 1.29 is 14.4 Å². The average molecular weight is 349 g/mol. The highest BCUT2D eigenvalue weighted by molar-refractivity contribution is 9.10. The molecule has 0 spiro atoms. The first-order chi connectivity index (χ1) is 9.15. The van der Waals surface area contributed by atoms with E-state index in [1.54, 1.807) is 18.2 Å². The third kappa shape index (κ3) is 4.67. The Morgan fingerprint density at radius 1 is 1.42 bits per heavy atom. The molecule has 19 heavy (non-hydrogen) atoms. The lowest BCUT2D eigenvalue weighted by Crippen LogP contribution is -2.32. The molecular weight excluding hydrogens is 334 g/mol. The van der Waals surface area contributed by atoms with E-state index in [0.29, 0.717) is 10.8 Å². The van der Waals surface area contributed by atoms with Gasteiger partial charge in [-0.25, -0.2) is 5.48 Å². The Morgan fingerprint density at radius 2 is 2.16 bits per heavy atom. The Hall–Kier alpha value is -0.780. The summed E-state index contributed by atoms with van der Waals surface area (Å²) < 4.78 is 6.18. The fourth-order valence-electron chi connectivity index (χ4n) is 1.92. The van der Waals surface area contributed by atoms with Crippen LogP contribution in [-0.2, 0) is 9.63 Å². The molecule has 104 valence electrons. The van der Waals surface area contributed by atoms with E-state index < -0.39 is 0 Å². The number of nitrogens with one attached hydrogen (secondary N) is 1. The van der Waals surface area contributed by atoms with Crippen molar-refractivity contribution in [3.8, 4) is 5.75 Å². The van der Waals surface area contributed by atoms with Gasteiger partial charge < -0.3 is 4.74 Å². The zero-order valence-corrected chi connectivity index (χ0v) is 12.7. The number of carbonyl (C=O) groups is 1. The molecule has 1 aliphatic rings. The lowest BCUT2D eigenvalue weighted by Gasteiger charge is -2.12. The zero-order valence-electron chi connectivity index (χ0n) is 10.3. The molecule has 1 aliphatic carbocycles. The van der Waals surface area contributed by atoms with Crippen LogP contribution in [0.5, 0.6) is 5.75 Å². The van der Waals surface area contributed by atoms with E-state index in [0.717, 1.165) is 30.2 Å². The smallest absolute Gasteiger partial charge is 0.281 e. The van der Waals surface area contributed by atoms with Crippen LogP contribution in [0.4, 0.5) is 0 Å². The van der Waals surface area contributed by atoms with Gasteiger partial charge in [0.15, 0.2) is 6.61 Å². The number of hydroxylamine groups is 1. The van der Waals surface area contributed by atoms with Crippen molar-refractivity contribution in [1.82, 2.24) is 5.48 Å². The molecule has 0 unspecified atom stereocenters. The molecule has 1 N–H and O–H groups in total. The van der Waals surface area contributed by atoms with Crippen molar-refractivity contribution in [3.05, 3.63) is 27.7 Å². The van der Waals surface area contributed by atoms with Gasteiger partial charge in [0, 0.05) is 4.47 Å². The maximum Gasteiger partial charge on any atom is 0.281 e. The number of amides is 1. The summed E-state index contributed by atoms with van der Waals surface area (Å²) in [6.45, 7) is -0.117. The van der Waals surface area contributed by atoms with Crippen molar-refractivity contribution in [2.75, 3.05) is 6.61 Å². The first kappa shape index (κ1) is 14.6. The Labute approximate surface area is 125 Å². The third-order valence-corrected chi connectivity index (χ3v) is 3.68. The Bertz CT molecular complexity index is 450. The van der Waals surface area contributed by atoms with Gasteiger partial charge in [0.25, 0.3) is 5.91 Å². The van der Waals surface area contributed by atoms with Crippen LogP contribution < -0.4 is 10.2 Å². The topological polar surface area (TPSA) is 47.6 Å². The molecule has 1 aromatic carbocycles. The predicted molar refractivity (Wildman–Crippen MR) is 76.1 cm³/mol. The molecule has 0 saturated heterocycles. The van der Waals surface area contributed by atoms with Crippen molar-refractivity contribution in [3.63, 3.8) is 0 Å². The second kappa shape index (κ2) is 7.12. The molecule has 1 amide bonds. The molecule has 1 fully saturated rings. The lowest BCUT2D eigenvalue weighted by molar-refractivity contribution is -0.140. The molecule has 0 atom stereocenters. The summed E-state index contributed by atoms with van der Waals surface area (Å²) in [5.41, 5.74) is 2.41. The molecule has 6 heteroatoms. The SMILES string of the molecule is O=C(COc1ccc(Br)cc1Cl)NOC1CCCC1. The minimum absolute atomic E-state index is 0.117. The van der Waals surface area contributed by atoms with Gasteiger partial charge in [0.05, 0.1) is 11.1 Å². The van der Waals surface area contributed by atoms with E-state index in [9.17, 15) is 4.79 Å². The van der Waals surface area contributed by atoms with Gasteiger partial charge >= 0.3 is 0 Å². The van der Waals surface area contributed by atoms with Crippen LogP contribution in [0.2, 0.25) is 5.02 Å². The van der Waals surface area contributed by atoms with Gasteiger partial charge in [0.1, 0.15) is 5.75 Å². The number of hydrogen-bond acceptors (Lipinski definition) is 3. The molecule has 2 rings (SSSR count). The second-order valence-corrected chi connectivity index (χ2v) is 5.74. The van der Waals surface area contributed by atoms with Crippen molar-refractivity contribution in [2.24, 2.45) is 0 Å². The van der Waals surface area contributed by atoms with Crippen LogP contribution in [0.3, 0.4) is 0 Å². The number of rotatable bonds is 5. The highest BCUT2D eigenvalue weighted by atomic mass is 79.9. The fraction of sp³-hybridized carbons (Fsp3) is 0.462. The number of benzene rings is 1. The summed E-state index contributed by atoms with van der Waals surface area (Å²) in [5, 5.41) is 0.457. The van der Waals surface area contributed by atoms with Crippen LogP contribution in [0, 0.1) is 0 Å². The summed E-state index contributed by atoms with van der Waals surface area (Å²) in [6, 6.07) is 5.22. The minimum Gasteiger partial charge on any atom is -0.482 e. The lowest BCUT2D eigenvalue weighted by atomic mass is 10.3. The maximum atomic E-state index is 11.5. The summed E-state index contributed by atoms with van der Waals surface area (Å²) in [7, 11) is 0. The first-order valence-electron chi connectivity index (χ1n) is 6.17. The minimum atomic E-state index is -0.314. The molecule has 0 radical (unpaired) electrons. The van der Waals surface area contributed by atoms with Gasteiger partial charge in [0.2, 0.25) is 0 Å². The first-order valence-corrected chi connectivity index (χ1v) is 7.34. The maximum absolute atomic E-state index is 11.5. The van der Waals surface area contributed by atoms with Crippen molar-refractivity contribution in [2.45, 2.75) is 31.8 Å². The Balaban J connectivity index is 1.73. The van der Waals surface area contributed by atoms with E-state index >= 15 is 0 Å². The van der Waals surface area contributed by atoms with E-state index in [1.165, 1.54) is 0 Å². The van der Waals surface area contributed by atoms with E-state index in [1.807, 2.05) is 0 Å². The Kier molecular flexibility index (Phi) is 5.48. The molecular formula is C13H15BrClNO3. The van der Waals surface area contributed by atoms with Crippen molar-refractivity contribution in [1.29, 1.82) is 0 Å². The van der Waals surface area contributed by atoms with Crippen LogP contribution >= 0.6 is 27.5 Å². The van der Waals surface area contributed by atoms with Gasteiger partial charge in [-0.1, -0.05) is 40.4 Å². The van der Waals surface area contributed by atoms with Gasteiger partial charge in [-0.3, -0.25) is 9.63 Å². The summed E-state index contributed by atoms with van der Waals surface area (Å²) >= 11 is 9.28. The third-order valence-electron chi connectivity index (χ3n) is 2.89. The molecule has 0 aromatic heterocycles. The number of ether oxygens (including phenoxy) is 1. The highest BCUT2D eigenvalue weighted by Gasteiger charge is 2.17. The normalized spacial score (nSPS) is 15.5. The van der Waals surface area contributed by atoms with E-state index in [4.69, 9.17) is 21.2 Å². The highest BCUT2D eigenvalue weighted by Crippen LogP contribution is 2.27. The monoisotopic (exact) mass is 347 g/mol. The van der Waals surface area contributed by atoms with Crippen LogP contribution in [0.15, 0.2) is 22.7 Å². The number of carbonyl (C=O) groups excluding carboxylic acids is 1. The molecule has 0 heterocycles. The largest absolute Gasteiger partial charge is 0.482 e. The quantitative estimate of drug-likeness (QED) is 0.829. The fourth-order valence-corrected chi connectivity index (χ4v) is 2.65. The van der Waals surface area contributed by atoms with Crippen LogP contribution in [0.1, 0.15) is 25.7 Å². The van der Waals surface area contributed by atoms with Gasteiger partial charge in [-0.05, 0) is 31.0 Å². The molecule has 1 aromatic rings. The second-order valence-electron chi connectivity index (χ2n) is 4.41. The molecule has 0 aliphatic heterocycles. The Morgan fingerprint density at radius 3 is 2.84 bits per heavy atom. The van der Waals surface area contributed by atoms with Crippen LogP contribution in [0.25, 0.3) is 0 Å². The average Bonchev–Trinajstić information content (AvgIpc) is 2.88.